The molecule has 0 fully saturated rings. The average Bonchev–Trinajstić information content (AvgIpc) is 2.81. The van der Waals surface area contributed by atoms with Crippen LogP contribution >= 0.6 is 0 Å². The number of carbonyl (C=O) groups excluding carboxylic acids is 1. The van der Waals surface area contributed by atoms with Gasteiger partial charge in [0.15, 0.2) is 5.76 Å². The van der Waals surface area contributed by atoms with Crippen molar-refractivity contribution in [3.63, 3.8) is 0 Å². The Morgan fingerprint density at radius 3 is 2.71 bits per heavy atom. The minimum atomic E-state index is -0.180. The standard InChI is InChI=1S/C17H23NO3/c1-12-13-7-4-5-8-14(13)21-15(12)16(20)18-11-17(2,3)9-6-10-19/h4-5,7-8,19H,6,9-11H2,1-3H3,(H,18,20). The van der Waals surface area contributed by atoms with Crippen LogP contribution in [0.3, 0.4) is 0 Å². The van der Waals surface area contributed by atoms with Crippen LogP contribution in [0.2, 0.25) is 0 Å². The molecule has 1 heterocycles. The zero-order valence-electron chi connectivity index (χ0n) is 12.9. The maximum Gasteiger partial charge on any atom is 0.287 e. The van der Waals surface area contributed by atoms with Gasteiger partial charge in [0.1, 0.15) is 5.58 Å². The van der Waals surface area contributed by atoms with Gasteiger partial charge in [0.05, 0.1) is 0 Å². The van der Waals surface area contributed by atoms with Crippen LogP contribution in [0.5, 0.6) is 0 Å². The van der Waals surface area contributed by atoms with E-state index in [4.69, 9.17) is 9.52 Å². The lowest BCUT2D eigenvalue weighted by Crippen LogP contribution is -2.34. The Bertz CT molecular complexity index is 628. The summed E-state index contributed by atoms with van der Waals surface area (Å²) in [5.74, 6) is 0.204. The molecule has 1 aromatic carbocycles. The van der Waals surface area contributed by atoms with Gasteiger partial charge >= 0.3 is 0 Å². The third-order valence-electron chi connectivity index (χ3n) is 3.79. The number of carbonyl (C=O) groups is 1. The predicted molar refractivity (Wildman–Crippen MR) is 83.4 cm³/mol. The highest BCUT2D eigenvalue weighted by Gasteiger charge is 2.22. The molecule has 0 spiro atoms. The third-order valence-corrected chi connectivity index (χ3v) is 3.79. The van der Waals surface area contributed by atoms with Gasteiger partial charge in [-0.3, -0.25) is 4.79 Å². The second-order valence-electron chi connectivity index (χ2n) is 6.23. The van der Waals surface area contributed by atoms with Crippen molar-refractivity contribution in [2.45, 2.75) is 33.6 Å². The minimum absolute atomic E-state index is 0.0433. The smallest absolute Gasteiger partial charge is 0.287 e. The average molecular weight is 289 g/mol. The summed E-state index contributed by atoms with van der Waals surface area (Å²) < 4.78 is 5.65. The highest BCUT2D eigenvalue weighted by Crippen LogP contribution is 2.25. The molecule has 0 saturated carbocycles. The number of aryl methyl sites for hydroxylation is 1. The summed E-state index contributed by atoms with van der Waals surface area (Å²) >= 11 is 0. The zero-order valence-corrected chi connectivity index (χ0v) is 12.9. The molecule has 0 radical (unpaired) electrons. The quantitative estimate of drug-likeness (QED) is 0.858. The summed E-state index contributed by atoms with van der Waals surface area (Å²) in [5, 5.41) is 12.8. The van der Waals surface area contributed by atoms with E-state index in [0.717, 1.165) is 29.4 Å². The lowest BCUT2D eigenvalue weighted by molar-refractivity contribution is 0.0906. The monoisotopic (exact) mass is 289 g/mol. The molecule has 0 aliphatic carbocycles. The van der Waals surface area contributed by atoms with Gasteiger partial charge in [0, 0.05) is 24.1 Å². The first-order valence-electron chi connectivity index (χ1n) is 7.32. The zero-order chi connectivity index (χ0) is 15.5. The molecule has 0 aliphatic heterocycles. The van der Waals surface area contributed by atoms with E-state index in [2.05, 4.69) is 19.2 Å². The molecule has 4 heteroatoms. The Kier molecular flexibility index (Phi) is 4.68. The fourth-order valence-corrected chi connectivity index (χ4v) is 2.44. The number of para-hydroxylation sites is 1. The molecule has 1 aromatic heterocycles. The third kappa shape index (κ3) is 3.64. The number of amides is 1. The van der Waals surface area contributed by atoms with E-state index in [9.17, 15) is 4.79 Å². The Labute approximate surface area is 125 Å². The highest BCUT2D eigenvalue weighted by atomic mass is 16.3. The van der Waals surface area contributed by atoms with E-state index in [1.54, 1.807) is 0 Å². The van der Waals surface area contributed by atoms with Crippen LogP contribution in [0.25, 0.3) is 11.0 Å². The van der Waals surface area contributed by atoms with Crippen molar-refractivity contribution in [3.05, 3.63) is 35.6 Å². The number of aliphatic hydroxyl groups excluding tert-OH is 1. The van der Waals surface area contributed by atoms with Gasteiger partial charge in [-0.2, -0.15) is 0 Å². The number of benzene rings is 1. The molecule has 2 rings (SSSR count). The summed E-state index contributed by atoms with van der Waals surface area (Å²) in [5.41, 5.74) is 1.56. The van der Waals surface area contributed by atoms with Gasteiger partial charge in [0.2, 0.25) is 0 Å². The fourth-order valence-electron chi connectivity index (χ4n) is 2.44. The highest BCUT2D eigenvalue weighted by molar-refractivity contribution is 5.98. The van der Waals surface area contributed by atoms with E-state index in [1.807, 2.05) is 31.2 Å². The van der Waals surface area contributed by atoms with Gasteiger partial charge in [-0.25, -0.2) is 0 Å². The van der Waals surface area contributed by atoms with Crippen molar-refractivity contribution in [2.24, 2.45) is 5.41 Å². The topological polar surface area (TPSA) is 62.5 Å². The van der Waals surface area contributed by atoms with Crippen molar-refractivity contribution in [1.29, 1.82) is 0 Å². The summed E-state index contributed by atoms with van der Waals surface area (Å²) in [7, 11) is 0. The van der Waals surface area contributed by atoms with Crippen LogP contribution in [0.15, 0.2) is 28.7 Å². The van der Waals surface area contributed by atoms with Crippen molar-refractivity contribution >= 4 is 16.9 Å². The molecular formula is C17H23NO3. The summed E-state index contributed by atoms with van der Waals surface area (Å²) in [6, 6.07) is 7.65. The van der Waals surface area contributed by atoms with Crippen molar-refractivity contribution in [2.75, 3.05) is 13.2 Å². The molecule has 21 heavy (non-hydrogen) atoms. The molecule has 0 atom stereocenters. The molecule has 0 aliphatic rings. The lowest BCUT2D eigenvalue weighted by Gasteiger charge is -2.24. The van der Waals surface area contributed by atoms with Gasteiger partial charge in [-0.1, -0.05) is 32.0 Å². The summed E-state index contributed by atoms with van der Waals surface area (Å²) in [6.45, 7) is 6.79. The molecule has 114 valence electrons. The number of hydrogen-bond acceptors (Lipinski definition) is 3. The molecule has 0 bridgehead atoms. The van der Waals surface area contributed by atoms with E-state index < -0.39 is 0 Å². The first-order valence-corrected chi connectivity index (χ1v) is 7.32. The summed E-state index contributed by atoms with van der Waals surface area (Å²) in [4.78, 5) is 12.3. The molecule has 4 nitrogen and oxygen atoms in total. The van der Waals surface area contributed by atoms with Crippen molar-refractivity contribution in [1.82, 2.24) is 5.32 Å². The number of furan rings is 1. The minimum Gasteiger partial charge on any atom is -0.451 e. The Morgan fingerprint density at radius 1 is 1.33 bits per heavy atom. The van der Waals surface area contributed by atoms with Crippen LogP contribution in [0.4, 0.5) is 0 Å². The molecule has 2 N–H and O–H groups in total. The van der Waals surface area contributed by atoms with E-state index in [1.165, 1.54) is 0 Å². The van der Waals surface area contributed by atoms with Crippen LogP contribution in [-0.4, -0.2) is 24.2 Å². The molecule has 2 aromatic rings. The second kappa shape index (κ2) is 6.31. The maximum atomic E-state index is 12.3. The Hall–Kier alpha value is -1.81. The number of rotatable bonds is 6. The lowest BCUT2D eigenvalue weighted by atomic mass is 9.88. The van der Waals surface area contributed by atoms with E-state index >= 15 is 0 Å². The number of nitrogens with one attached hydrogen (secondary N) is 1. The maximum absolute atomic E-state index is 12.3. The molecular weight excluding hydrogens is 266 g/mol. The van der Waals surface area contributed by atoms with Gasteiger partial charge < -0.3 is 14.8 Å². The normalized spacial score (nSPS) is 11.8. The first kappa shape index (κ1) is 15.6. The van der Waals surface area contributed by atoms with E-state index in [0.29, 0.717) is 12.3 Å². The van der Waals surface area contributed by atoms with Crippen molar-refractivity contribution < 1.29 is 14.3 Å². The fraction of sp³-hybridized carbons (Fsp3) is 0.471. The van der Waals surface area contributed by atoms with E-state index in [-0.39, 0.29) is 17.9 Å². The Morgan fingerprint density at radius 2 is 2.05 bits per heavy atom. The first-order chi connectivity index (χ1) is 9.94. The van der Waals surface area contributed by atoms with Crippen molar-refractivity contribution in [3.8, 4) is 0 Å². The SMILES string of the molecule is Cc1c(C(=O)NCC(C)(C)CCCO)oc2ccccc12. The Balaban J connectivity index is 2.07. The predicted octanol–water partition coefficient (Wildman–Crippen LogP) is 3.27. The van der Waals surface area contributed by atoms with Crippen LogP contribution in [0, 0.1) is 12.3 Å². The number of hydrogen-bond donors (Lipinski definition) is 2. The van der Waals surface area contributed by atoms with Gasteiger partial charge in [0.25, 0.3) is 5.91 Å². The molecule has 0 unspecified atom stereocenters. The van der Waals surface area contributed by atoms with Crippen LogP contribution < -0.4 is 5.32 Å². The largest absolute Gasteiger partial charge is 0.451 e. The number of fused-ring (bicyclic) bond motifs is 1. The molecule has 0 saturated heterocycles. The van der Waals surface area contributed by atoms with Crippen LogP contribution in [-0.2, 0) is 0 Å². The van der Waals surface area contributed by atoms with Gasteiger partial charge in [-0.05, 0) is 31.2 Å². The summed E-state index contributed by atoms with van der Waals surface area (Å²) in [6.07, 6.45) is 1.61. The number of aliphatic hydroxyl groups is 1. The van der Waals surface area contributed by atoms with Gasteiger partial charge in [-0.15, -0.1) is 0 Å². The van der Waals surface area contributed by atoms with Crippen LogP contribution in [0.1, 0.15) is 42.8 Å². The second-order valence-corrected chi connectivity index (χ2v) is 6.23. The molecule has 1 amide bonds.